The molecular formula is C27H26F3N7O. The van der Waals surface area contributed by atoms with Crippen LogP contribution in [0, 0.1) is 6.92 Å². The number of halogens is 3. The zero-order chi connectivity index (χ0) is 26.9. The molecule has 1 amide bonds. The second-order valence-corrected chi connectivity index (χ2v) is 9.33. The highest BCUT2D eigenvalue weighted by atomic mass is 19.4. The molecule has 0 bridgehead atoms. The molecule has 1 aliphatic rings. The van der Waals surface area contributed by atoms with Gasteiger partial charge in [-0.15, -0.1) is 0 Å². The average Bonchev–Trinajstić information content (AvgIpc) is 3.54. The molecule has 3 heterocycles. The molecule has 0 saturated carbocycles. The third-order valence-electron chi connectivity index (χ3n) is 6.58. The number of nitrogens with one attached hydrogen (secondary N) is 2. The van der Waals surface area contributed by atoms with Crippen molar-refractivity contribution in [1.82, 2.24) is 19.7 Å². The Bertz CT molecular complexity index is 1450. The van der Waals surface area contributed by atoms with E-state index in [0.29, 0.717) is 11.5 Å². The average molecular weight is 522 g/mol. The fourth-order valence-electron chi connectivity index (χ4n) is 4.61. The number of nitrogens with zero attached hydrogens (tertiary/aromatic N) is 5. The smallest absolute Gasteiger partial charge is 0.368 e. The van der Waals surface area contributed by atoms with Gasteiger partial charge in [0.15, 0.2) is 0 Å². The summed E-state index contributed by atoms with van der Waals surface area (Å²) in [5.74, 6) is 0.211. The molecule has 1 unspecified atom stereocenters. The van der Waals surface area contributed by atoms with Crippen molar-refractivity contribution in [2.24, 2.45) is 7.05 Å². The molecule has 1 atom stereocenters. The molecule has 2 aromatic carbocycles. The summed E-state index contributed by atoms with van der Waals surface area (Å²) in [4.78, 5) is 23.9. The van der Waals surface area contributed by atoms with Crippen LogP contribution in [-0.2, 0) is 13.2 Å². The van der Waals surface area contributed by atoms with E-state index in [1.807, 2.05) is 32.3 Å². The van der Waals surface area contributed by atoms with Crippen molar-refractivity contribution < 1.29 is 18.0 Å². The number of anilines is 4. The molecule has 1 fully saturated rings. The molecule has 8 nitrogen and oxygen atoms in total. The summed E-state index contributed by atoms with van der Waals surface area (Å²) in [5.41, 5.74) is 3.49. The number of carbonyl (C=O) groups excluding carboxylic acids is 1. The van der Waals surface area contributed by atoms with Gasteiger partial charge in [-0.1, -0.05) is 12.1 Å². The Hall–Kier alpha value is -4.41. The lowest BCUT2D eigenvalue weighted by Gasteiger charge is -2.19. The first kappa shape index (κ1) is 25.2. The molecule has 2 N–H and O–H groups in total. The Kier molecular flexibility index (Phi) is 6.75. The number of benzene rings is 2. The molecule has 196 valence electrons. The summed E-state index contributed by atoms with van der Waals surface area (Å²) >= 11 is 0. The highest BCUT2D eigenvalue weighted by Crippen LogP contribution is 2.33. The topological polar surface area (TPSA) is 88.0 Å². The molecule has 11 heteroatoms. The lowest BCUT2D eigenvalue weighted by Crippen LogP contribution is -2.20. The van der Waals surface area contributed by atoms with E-state index in [-0.39, 0.29) is 11.6 Å². The van der Waals surface area contributed by atoms with E-state index in [9.17, 15) is 18.0 Å². The lowest BCUT2D eigenvalue weighted by atomic mass is 9.92. The fourth-order valence-corrected chi connectivity index (χ4v) is 4.61. The quantitative estimate of drug-likeness (QED) is 0.347. The molecule has 0 aliphatic carbocycles. The summed E-state index contributed by atoms with van der Waals surface area (Å²) < 4.78 is 40.8. The molecule has 0 spiro atoms. The van der Waals surface area contributed by atoms with Crippen LogP contribution in [-0.4, -0.2) is 38.7 Å². The number of rotatable bonds is 6. The fraction of sp³-hybridized carbons (Fsp3) is 0.259. The van der Waals surface area contributed by atoms with E-state index in [1.54, 1.807) is 29.3 Å². The van der Waals surface area contributed by atoms with Gasteiger partial charge in [-0.05, 0) is 54.8 Å². The highest BCUT2D eigenvalue weighted by molar-refractivity contribution is 6.04. The number of alkyl halides is 3. The van der Waals surface area contributed by atoms with Gasteiger partial charge in [0.1, 0.15) is 0 Å². The van der Waals surface area contributed by atoms with Crippen LogP contribution in [0.25, 0.3) is 0 Å². The van der Waals surface area contributed by atoms with Crippen LogP contribution in [0.15, 0.2) is 67.3 Å². The van der Waals surface area contributed by atoms with Crippen molar-refractivity contribution in [2.45, 2.75) is 25.4 Å². The normalized spacial score (nSPS) is 15.5. The van der Waals surface area contributed by atoms with Crippen LogP contribution in [0.1, 0.15) is 39.4 Å². The van der Waals surface area contributed by atoms with Gasteiger partial charge in [0, 0.05) is 43.5 Å². The van der Waals surface area contributed by atoms with E-state index in [0.717, 1.165) is 54.1 Å². The third kappa shape index (κ3) is 5.61. The number of amides is 1. The van der Waals surface area contributed by atoms with Gasteiger partial charge in [0.2, 0.25) is 5.95 Å². The summed E-state index contributed by atoms with van der Waals surface area (Å²) in [6.45, 7) is 3.54. The van der Waals surface area contributed by atoms with Crippen LogP contribution < -0.4 is 15.5 Å². The van der Waals surface area contributed by atoms with E-state index >= 15 is 0 Å². The molecule has 1 aliphatic heterocycles. The van der Waals surface area contributed by atoms with Crippen molar-refractivity contribution in [3.8, 4) is 0 Å². The SMILES string of the molecule is Cc1ccc(C(=O)Nc2cccc(C(F)(F)F)c2)cc1C1CCN(c2cnc(Nc3cnn(C)c3)nc2)C1. The maximum Gasteiger partial charge on any atom is 0.416 e. The second kappa shape index (κ2) is 10.2. The Morgan fingerprint density at radius 3 is 2.55 bits per heavy atom. The van der Waals surface area contributed by atoms with Crippen LogP contribution in [0.3, 0.4) is 0 Å². The Labute approximate surface area is 217 Å². The van der Waals surface area contributed by atoms with E-state index < -0.39 is 17.6 Å². The zero-order valence-electron chi connectivity index (χ0n) is 20.8. The van der Waals surface area contributed by atoms with Crippen LogP contribution >= 0.6 is 0 Å². The van der Waals surface area contributed by atoms with Gasteiger partial charge < -0.3 is 15.5 Å². The van der Waals surface area contributed by atoms with Crippen LogP contribution in [0.5, 0.6) is 0 Å². The summed E-state index contributed by atoms with van der Waals surface area (Å²) in [7, 11) is 1.83. The first-order valence-corrected chi connectivity index (χ1v) is 12.1. The van der Waals surface area contributed by atoms with Crippen molar-refractivity contribution >= 4 is 28.9 Å². The molecule has 0 radical (unpaired) electrons. The van der Waals surface area contributed by atoms with Crippen molar-refractivity contribution in [3.05, 3.63) is 89.5 Å². The van der Waals surface area contributed by atoms with Crippen molar-refractivity contribution in [2.75, 3.05) is 28.6 Å². The van der Waals surface area contributed by atoms with Crippen molar-refractivity contribution in [1.29, 1.82) is 0 Å². The van der Waals surface area contributed by atoms with Gasteiger partial charge in [-0.3, -0.25) is 9.48 Å². The van der Waals surface area contributed by atoms with Crippen molar-refractivity contribution in [3.63, 3.8) is 0 Å². The standard InChI is InChI=1S/C27H26F3N7O/c1-17-6-7-18(25(38)34-21-5-3-4-20(11-21)27(28,29)30)10-24(17)19-8-9-37(15-19)23-13-31-26(32-14-23)35-22-12-33-36(2)16-22/h3-7,10-14,16,19H,8-9,15H2,1-2H3,(H,34,38)(H,31,32,35). The maximum absolute atomic E-state index is 13.0. The minimum atomic E-state index is -4.48. The highest BCUT2D eigenvalue weighted by Gasteiger charge is 2.31. The van der Waals surface area contributed by atoms with Gasteiger partial charge in [-0.25, -0.2) is 9.97 Å². The Morgan fingerprint density at radius 1 is 1.05 bits per heavy atom. The predicted octanol–water partition coefficient (Wildman–Crippen LogP) is 5.53. The van der Waals surface area contributed by atoms with Crippen LogP contribution in [0.4, 0.5) is 36.2 Å². The number of hydrogen-bond acceptors (Lipinski definition) is 6. The molecule has 4 aromatic rings. The van der Waals surface area contributed by atoms with Gasteiger partial charge in [-0.2, -0.15) is 18.3 Å². The summed E-state index contributed by atoms with van der Waals surface area (Å²) in [6.07, 6.45) is 3.49. The maximum atomic E-state index is 13.0. The number of aryl methyl sites for hydroxylation is 2. The molecule has 5 rings (SSSR count). The number of hydrogen-bond donors (Lipinski definition) is 2. The predicted molar refractivity (Wildman–Crippen MR) is 139 cm³/mol. The summed E-state index contributed by atoms with van der Waals surface area (Å²) in [6, 6.07) is 10.0. The van der Waals surface area contributed by atoms with Crippen LogP contribution in [0.2, 0.25) is 0 Å². The lowest BCUT2D eigenvalue weighted by molar-refractivity contribution is -0.137. The van der Waals surface area contributed by atoms with E-state index in [1.165, 1.54) is 12.1 Å². The Balaban J connectivity index is 1.26. The second-order valence-electron chi connectivity index (χ2n) is 9.33. The first-order valence-electron chi connectivity index (χ1n) is 12.1. The molecule has 2 aromatic heterocycles. The van der Waals surface area contributed by atoms with Gasteiger partial charge in [0.05, 0.1) is 35.5 Å². The summed E-state index contributed by atoms with van der Waals surface area (Å²) in [5, 5.41) is 9.81. The third-order valence-corrected chi connectivity index (χ3v) is 6.58. The minimum Gasteiger partial charge on any atom is -0.368 e. The Morgan fingerprint density at radius 2 is 1.84 bits per heavy atom. The number of carbonyl (C=O) groups is 1. The first-order chi connectivity index (χ1) is 18.2. The van der Waals surface area contributed by atoms with E-state index in [4.69, 9.17) is 0 Å². The largest absolute Gasteiger partial charge is 0.416 e. The minimum absolute atomic E-state index is 0.0976. The molecule has 1 saturated heterocycles. The van der Waals surface area contributed by atoms with Gasteiger partial charge >= 0.3 is 6.18 Å². The molecule has 38 heavy (non-hydrogen) atoms. The number of aromatic nitrogens is 4. The zero-order valence-corrected chi connectivity index (χ0v) is 20.8. The van der Waals surface area contributed by atoms with Gasteiger partial charge in [0.25, 0.3) is 5.91 Å². The monoisotopic (exact) mass is 521 g/mol. The molecular weight excluding hydrogens is 495 g/mol. The van der Waals surface area contributed by atoms with E-state index in [2.05, 4.69) is 30.6 Å².